The van der Waals surface area contributed by atoms with Crippen LogP contribution in [-0.2, 0) is 9.53 Å². The number of hydrogen-bond acceptors (Lipinski definition) is 4. The average molecular weight is 478 g/mol. The van der Waals surface area contributed by atoms with Crippen LogP contribution in [0.1, 0.15) is 12.5 Å². The minimum atomic E-state index is -0.128. The zero-order chi connectivity index (χ0) is 18.5. The number of likely N-dealkylation sites (N-methyl/N-ethyl adjacent to an activating group) is 1. The minimum absolute atomic E-state index is 0. The Kier molecular flexibility index (Phi) is 13.7. The maximum Gasteiger partial charge on any atom is 0.241 e. The van der Waals surface area contributed by atoms with Gasteiger partial charge in [-0.15, -0.1) is 24.0 Å². The highest BCUT2D eigenvalue weighted by molar-refractivity contribution is 14.0. The molecule has 0 spiro atoms. The highest BCUT2D eigenvalue weighted by Crippen LogP contribution is 2.11. The van der Waals surface area contributed by atoms with Crippen molar-refractivity contribution < 1.29 is 14.3 Å². The van der Waals surface area contributed by atoms with Gasteiger partial charge in [0, 0.05) is 27.2 Å². The SMILES string of the molecule is CCNC(=NCC(=O)NCCOC)N(C)CCOc1ccc(C)cc1.I. The van der Waals surface area contributed by atoms with Gasteiger partial charge in [0.05, 0.1) is 13.2 Å². The number of carbonyl (C=O) groups excluding carboxylic acids is 1. The first-order valence-corrected chi connectivity index (χ1v) is 8.51. The molecule has 0 atom stereocenters. The standard InChI is InChI=1S/C18H30N4O3.HI/c1-5-19-18(21-14-17(23)20-10-12-24-4)22(3)11-13-25-16-8-6-15(2)7-9-16;/h6-9H,5,10-14H2,1-4H3,(H,19,21)(H,20,23);1H. The lowest BCUT2D eigenvalue weighted by molar-refractivity contribution is -0.119. The van der Waals surface area contributed by atoms with Crippen molar-refractivity contribution >= 4 is 35.8 Å². The molecule has 0 saturated heterocycles. The van der Waals surface area contributed by atoms with Crippen LogP contribution in [0.5, 0.6) is 5.75 Å². The molecule has 0 saturated carbocycles. The molecule has 0 aliphatic heterocycles. The van der Waals surface area contributed by atoms with Gasteiger partial charge in [-0.3, -0.25) is 4.79 Å². The van der Waals surface area contributed by atoms with Gasteiger partial charge >= 0.3 is 0 Å². The molecule has 2 N–H and O–H groups in total. The van der Waals surface area contributed by atoms with E-state index in [9.17, 15) is 4.79 Å². The third-order valence-corrected chi connectivity index (χ3v) is 3.41. The van der Waals surface area contributed by atoms with E-state index < -0.39 is 0 Å². The van der Waals surface area contributed by atoms with Gasteiger partial charge in [0.15, 0.2) is 5.96 Å². The number of aryl methyl sites for hydroxylation is 1. The Balaban J connectivity index is 0.00000625. The summed E-state index contributed by atoms with van der Waals surface area (Å²) in [6.07, 6.45) is 0. The first-order valence-electron chi connectivity index (χ1n) is 8.51. The molecule has 8 heteroatoms. The summed E-state index contributed by atoms with van der Waals surface area (Å²) >= 11 is 0. The molecule has 7 nitrogen and oxygen atoms in total. The van der Waals surface area contributed by atoms with E-state index in [0.29, 0.717) is 32.3 Å². The van der Waals surface area contributed by atoms with E-state index in [4.69, 9.17) is 9.47 Å². The minimum Gasteiger partial charge on any atom is -0.492 e. The van der Waals surface area contributed by atoms with Crippen LogP contribution in [0.15, 0.2) is 29.3 Å². The number of amides is 1. The lowest BCUT2D eigenvalue weighted by atomic mass is 10.2. The molecular formula is C18H31IN4O3. The fraction of sp³-hybridized carbons (Fsp3) is 0.556. The Labute approximate surface area is 173 Å². The summed E-state index contributed by atoms with van der Waals surface area (Å²) in [5, 5.41) is 5.92. The molecule has 148 valence electrons. The molecule has 0 fully saturated rings. The first kappa shape index (κ1) is 24.5. The highest BCUT2D eigenvalue weighted by atomic mass is 127. The monoisotopic (exact) mass is 478 g/mol. The molecule has 26 heavy (non-hydrogen) atoms. The van der Waals surface area contributed by atoms with Crippen LogP contribution in [0.25, 0.3) is 0 Å². The number of aliphatic imine (C=N–C) groups is 1. The number of guanidine groups is 1. The number of ether oxygens (including phenoxy) is 2. The molecule has 0 radical (unpaired) electrons. The fourth-order valence-electron chi connectivity index (χ4n) is 2.01. The van der Waals surface area contributed by atoms with E-state index in [1.807, 2.05) is 50.1 Å². The van der Waals surface area contributed by atoms with Crippen LogP contribution < -0.4 is 15.4 Å². The van der Waals surface area contributed by atoms with Crippen molar-refractivity contribution in [2.24, 2.45) is 4.99 Å². The molecule has 0 aliphatic rings. The van der Waals surface area contributed by atoms with Gasteiger partial charge in [-0.05, 0) is 26.0 Å². The number of methoxy groups -OCH3 is 1. The summed E-state index contributed by atoms with van der Waals surface area (Å²) in [5.74, 6) is 1.40. The Morgan fingerprint density at radius 2 is 1.88 bits per heavy atom. The number of carbonyl (C=O) groups is 1. The molecule has 1 aromatic rings. The Hall–Kier alpha value is -1.55. The molecule has 0 heterocycles. The van der Waals surface area contributed by atoms with E-state index in [1.165, 1.54) is 5.56 Å². The van der Waals surface area contributed by atoms with E-state index >= 15 is 0 Å². The number of nitrogens with one attached hydrogen (secondary N) is 2. The number of rotatable bonds is 10. The van der Waals surface area contributed by atoms with Crippen LogP contribution >= 0.6 is 24.0 Å². The van der Waals surface area contributed by atoms with Crippen molar-refractivity contribution in [3.05, 3.63) is 29.8 Å². The second kappa shape index (κ2) is 14.6. The summed E-state index contributed by atoms with van der Waals surface area (Å²) in [5.41, 5.74) is 1.20. The smallest absolute Gasteiger partial charge is 0.241 e. The lowest BCUT2D eigenvalue weighted by Gasteiger charge is -2.22. The van der Waals surface area contributed by atoms with Gasteiger partial charge < -0.3 is 25.0 Å². The van der Waals surface area contributed by atoms with E-state index in [2.05, 4.69) is 15.6 Å². The lowest BCUT2D eigenvalue weighted by Crippen LogP contribution is -2.41. The molecule has 0 aromatic heterocycles. The normalized spacial score (nSPS) is 10.7. The van der Waals surface area contributed by atoms with Crippen molar-refractivity contribution in [1.82, 2.24) is 15.5 Å². The zero-order valence-corrected chi connectivity index (χ0v) is 18.4. The van der Waals surface area contributed by atoms with Crippen LogP contribution in [0.3, 0.4) is 0 Å². The van der Waals surface area contributed by atoms with Crippen LogP contribution in [0.2, 0.25) is 0 Å². The molecule has 1 amide bonds. The number of halogens is 1. The highest BCUT2D eigenvalue weighted by Gasteiger charge is 2.07. The maximum atomic E-state index is 11.7. The van der Waals surface area contributed by atoms with Crippen molar-refractivity contribution in [3.63, 3.8) is 0 Å². The molecule has 0 unspecified atom stereocenters. The Morgan fingerprint density at radius 3 is 2.50 bits per heavy atom. The largest absolute Gasteiger partial charge is 0.492 e. The van der Waals surface area contributed by atoms with Crippen LogP contribution in [-0.4, -0.2) is 70.3 Å². The maximum absolute atomic E-state index is 11.7. The van der Waals surface area contributed by atoms with Crippen molar-refractivity contribution in [2.45, 2.75) is 13.8 Å². The predicted octanol–water partition coefficient (Wildman–Crippen LogP) is 1.65. The summed E-state index contributed by atoms with van der Waals surface area (Å²) in [4.78, 5) is 18.0. The van der Waals surface area contributed by atoms with E-state index in [-0.39, 0.29) is 36.4 Å². The number of benzene rings is 1. The molecule has 1 rings (SSSR count). The summed E-state index contributed by atoms with van der Waals surface area (Å²) < 4.78 is 10.6. The van der Waals surface area contributed by atoms with Gasteiger partial charge in [0.2, 0.25) is 5.91 Å². The van der Waals surface area contributed by atoms with Crippen LogP contribution in [0.4, 0.5) is 0 Å². The molecule has 1 aromatic carbocycles. The Bertz CT molecular complexity index is 538. The molecular weight excluding hydrogens is 447 g/mol. The van der Waals surface area contributed by atoms with E-state index in [1.54, 1.807) is 7.11 Å². The van der Waals surface area contributed by atoms with Gasteiger partial charge in [0.1, 0.15) is 18.9 Å². The van der Waals surface area contributed by atoms with E-state index in [0.717, 1.165) is 12.3 Å². The summed E-state index contributed by atoms with van der Waals surface area (Å²) in [7, 11) is 3.52. The zero-order valence-electron chi connectivity index (χ0n) is 16.1. The summed E-state index contributed by atoms with van der Waals surface area (Å²) in [6, 6.07) is 7.96. The quantitative estimate of drug-likeness (QED) is 0.232. The number of nitrogens with zero attached hydrogens (tertiary/aromatic N) is 2. The van der Waals surface area contributed by atoms with Gasteiger partial charge in [-0.1, -0.05) is 17.7 Å². The second-order valence-electron chi connectivity index (χ2n) is 5.60. The number of hydrogen-bond donors (Lipinski definition) is 2. The fourth-order valence-corrected chi connectivity index (χ4v) is 2.01. The predicted molar refractivity (Wildman–Crippen MR) is 116 cm³/mol. The topological polar surface area (TPSA) is 75.2 Å². The Morgan fingerprint density at radius 1 is 1.19 bits per heavy atom. The third-order valence-electron chi connectivity index (χ3n) is 3.41. The van der Waals surface area contributed by atoms with Gasteiger partial charge in [-0.25, -0.2) is 4.99 Å². The van der Waals surface area contributed by atoms with Crippen molar-refractivity contribution in [3.8, 4) is 5.75 Å². The average Bonchev–Trinajstić information content (AvgIpc) is 2.60. The van der Waals surface area contributed by atoms with Crippen molar-refractivity contribution in [2.75, 3.05) is 53.6 Å². The second-order valence-corrected chi connectivity index (χ2v) is 5.60. The first-order chi connectivity index (χ1) is 12.1. The third kappa shape index (κ3) is 10.4. The van der Waals surface area contributed by atoms with Gasteiger partial charge in [0.25, 0.3) is 0 Å². The molecule has 0 bridgehead atoms. The van der Waals surface area contributed by atoms with Gasteiger partial charge in [-0.2, -0.15) is 0 Å². The van der Waals surface area contributed by atoms with Crippen molar-refractivity contribution in [1.29, 1.82) is 0 Å². The summed E-state index contributed by atoms with van der Waals surface area (Å²) in [6.45, 7) is 7.01. The molecule has 0 aliphatic carbocycles. The van der Waals surface area contributed by atoms with Crippen LogP contribution in [0, 0.1) is 6.92 Å².